The first-order valence-corrected chi connectivity index (χ1v) is 6.90. The molecule has 1 nitrogen and oxygen atoms in total. The normalized spacial score (nSPS) is 10.9. The molecule has 0 fully saturated rings. The van der Waals surface area contributed by atoms with Crippen LogP contribution in [-0.4, -0.2) is 0 Å². The monoisotopic (exact) mass is 253 g/mol. The number of nitriles is 1. The summed E-state index contributed by atoms with van der Waals surface area (Å²) in [4.78, 5) is 0. The van der Waals surface area contributed by atoms with E-state index in [1.807, 2.05) is 24.3 Å². The van der Waals surface area contributed by atoms with Crippen LogP contribution in [0.5, 0.6) is 0 Å². The van der Waals surface area contributed by atoms with Crippen LogP contribution in [0.1, 0.15) is 51.2 Å². The van der Waals surface area contributed by atoms with Crippen molar-refractivity contribution < 1.29 is 0 Å². The van der Waals surface area contributed by atoms with Crippen molar-refractivity contribution in [2.45, 2.75) is 46.5 Å². The van der Waals surface area contributed by atoms with E-state index in [1.54, 1.807) is 0 Å². The molecule has 0 aliphatic carbocycles. The molecule has 0 spiro atoms. The second-order valence-corrected chi connectivity index (χ2v) is 5.22. The average molecular weight is 253 g/mol. The highest BCUT2D eigenvalue weighted by Gasteiger charge is 1.94. The van der Waals surface area contributed by atoms with Gasteiger partial charge in [0.05, 0.1) is 11.6 Å². The molecule has 0 heterocycles. The quantitative estimate of drug-likeness (QED) is 0.640. The van der Waals surface area contributed by atoms with Crippen molar-refractivity contribution >= 4 is 0 Å². The second-order valence-electron chi connectivity index (χ2n) is 5.22. The first-order valence-electron chi connectivity index (χ1n) is 6.90. The summed E-state index contributed by atoms with van der Waals surface area (Å²) in [6.45, 7) is 6.49. The molecule has 1 heteroatoms. The molecule has 0 radical (unpaired) electrons. The molecule has 0 aromatic heterocycles. The summed E-state index contributed by atoms with van der Waals surface area (Å²) in [5, 5.41) is 8.73. The Kier molecular flexibility index (Phi) is 6.68. The van der Waals surface area contributed by atoms with Gasteiger partial charge in [-0.3, -0.25) is 0 Å². The smallest absolute Gasteiger partial charge is 0.0991 e. The minimum atomic E-state index is 0.734. The summed E-state index contributed by atoms with van der Waals surface area (Å²) >= 11 is 0. The molecule has 0 N–H and O–H groups in total. The fourth-order valence-electron chi connectivity index (χ4n) is 1.92. The summed E-state index contributed by atoms with van der Waals surface area (Å²) in [5.74, 6) is 0. The topological polar surface area (TPSA) is 23.8 Å². The predicted molar refractivity (Wildman–Crippen MR) is 81.9 cm³/mol. The van der Waals surface area contributed by atoms with Gasteiger partial charge in [-0.05, 0) is 64.2 Å². The minimum absolute atomic E-state index is 0.734. The summed E-state index contributed by atoms with van der Waals surface area (Å²) < 4.78 is 0. The van der Waals surface area contributed by atoms with Gasteiger partial charge >= 0.3 is 0 Å². The Hall–Kier alpha value is -1.81. The highest BCUT2D eigenvalue weighted by molar-refractivity contribution is 5.31. The van der Waals surface area contributed by atoms with Gasteiger partial charge in [0.15, 0.2) is 0 Å². The maximum absolute atomic E-state index is 8.73. The molecule has 0 amide bonds. The van der Waals surface area contributed by atoms with Crippen molar-refractivity contribution in [2.24, 2.45) is 0 Å². The van der Waals surface area contributed by atoms with Crippen molar-refractivity contribution in [3.63, 3.8) is 0 Å². The molecule has 0 aliphatic rings. The fraction of sp³-hybridized carbons (Fsp3) is 0.389. The van der Waals surface area contributed by atoms with Crippen LogP contribution in [0.25, 0.3) is 0 Å². The van der Waals surface area contributed by atoms with Crippen LogP contribution < -0.4 is 0 Å². The zero-order valence-corrected chi connectivity index (χ0v) is 12.2. The Balaban J connectivity index is 2.35. The first kappa shape index (κ1) is 15.2. The van der Waals surface area contributed by atoms with E-state index in [9.17, 15) is 0 Å². The van der Waals surface area contributed by atoms with E-state index in [4.69, 9.17) is 5.26 Å². The zero-order valence-electron chi connectivity index (χ0n) is 12.2. The van der Waals surface area contributed by atoms with Crippen molar-refractivity contribution in [1.29, 1.82) is 5.26 Å². The van der Waals surface area contributed by atoms with Gasteiger partial charge in [-0.1, -0.05) is 35.4 Å². The van der Waals surface area contributed by atoms with Gasteiger partial charge in [0.25, 0.3) is 0 Å². The Morgan fingerprint density at radius 3 is 2.32 bits per heavy atom. The van der Waals surface area contributed by atoms with Crippen LogP contribution >= 0.6 is 0 Å². The lowest BCUT2D eigenvalue weighted by Crippen LogP contribution is -1.85. The number of nitrogens with zero attached hydrogens (tertiary/aromatic N) is 1. The van der Waals surface area contributed by atoms with Gasteiger partial charge in [0.2, 0.25) is 0 Å². The van der Waals surface area contributed by atoms with Crippen LogP contribution in [0.3, 0.4) is 0 Å². The fourth-order valence-corrected chi connectivity index (χ4v) is 1.92. The van der Waals surface area contributed by atoms with Gasteiger partial charge in [-0.2, -0.15) is 5.26 Å². The maximum atomic E-state index is 8.73. The molecule has 1 aromatic carbocycles. The average Bonchev–Trinajstić information content (AvgIpc) is 2.39. The predicted octanol–water partition coefficient (Wildman–Crippen LogP) is 5.18. The highest BCUT2D eigenvalue weighted by Crippen LogP contribution is 2.10. The maximum Gasteiger partial charge on any atom is 0.0991 e. The molecule has 0 unspecified atom stereocenters. The van der Waals surface area contributed by atoms with Crippen molar-refractivity contribution in [3.8, 4) is 6.07 Å². The summed E-state index contributed by atoms with van der Waals surface area (Å²) in [7, 11) is 0. The molecule has 0 atom stereocenters. The number of hydrogen-bond acceptors (Lipinski definition) is 1. The van der Waals surface area contributed by atoms with Gasteiger partial charge in [-0.25, -0.2) is 0 Å². The molecule has 0 saturated heterocycles. The third-order valence-electron chi connectivity index (χ3n) is 3.10. The first-order chi connectivity index (χ1) is 9.11. The van der Waals surface area contributed by atoms with Crippen molar-refractivity contribution in [3.05, 3.63) is 58.7 Å². The largest absolute Gasteiger partial charge is 0.192 e. The second kappa shape index (κ2) is 8.32. The summed E-state index contributed by atoms with van der Waals surface area (Å²) in [5.41, 5.74) is 4.89. The summed E-state index contributed by atoms with van der Waals surface area (Å²) in [6, 6.07) is 10.0. The Labute approximate surface area is 117 Å². The Morgan fingerprint density at radius 2 is 1.74 bits per heavy atom. The lowest BCUT2D eigenvalue weighted by molar-refractivity contribution is 0.925. The van der Waals surface area contributed by atoms with E-state index in [2.05, 4.69) is 39.0 Å². The van der Waals surface area contributed by atoms with Crippen LogP contribution in [0.2, 0.25) is 0 Å². The van der Waals surface area contributed by atoms with Gasteiger partial charge in [0.1, 0.15) is 0 Å². The van der Waals surface area contributed by atoms with E-state index in [-0.39, 0.29) is 0 Å². The van der Waals surface area contributed by atoms with Gasteiger partial charge < -0.3 is 0 Å². The van der Waals surface area contributed by atoms with Crippen LogP contribution in [0.4, 0.5) is 0 Å². The molecular weight excluding hydrogens is 230 g/mol. The van der Waals surface area contributed by atoms with Crippen molar-refractivity contribution in [2.75, 3.05) is 0 Å². The number of hydrogen-bond donors (Lipinski definition) is 0. The number of aryl methyl sites for hydroxylation is 1. The molecule has 0 aliphatic heterocycles. The molecule has 0 bridgehead atoms. The lowest BCUT2D eigenvalue weighted by Gasteiger charge is -2.01. The highest BCUT2D eigenvalue weighted by atomic mass is 14.2. The molecule has 19 heavy (non-hydrogen) atoms. The van der Waals surface area contributed by atoms with E-state index in [0.717, 1.165) is 31.2 Å². The third kappa shape index (κ3) is 6.62. The van der Waals surface area contributed by atoms with E-state index in [1.165, 1.54) is 16.7 Å². The van der Waals surface area contributed by atoms with E-state index >= 15 is 0 Å². The lowest BCUT2D eigenvalue weighted by atomic mass is 10.0. The Bertz CT molecular complexity index is 479. The molecule has 1 rings (SSSR count). The minimum Gasteiger partial charge on any atom is -0.192 e. The summed E-state index contributed by atoms with van der Waals surface area (Å²) in [6.07, 6.45) is 9.04. The molecule has 100 valence electrons. The standard InChI is InChI=1S/C18H23N/c1-15(2)6-4-7-16(3)8-5-9-17-10-12-18(14-19)13-11-17/h6,8,10-13H,4-5,7,9H2,1-3H3/b16-8+. The van der Waals surface area contributed by atoms with Crippen LogP contribution in [0.15, 0.2) is 47.6 Å². The van der Waals surface area contributed by atoms with E-state index in [0.29, 0.717) is 0 Å². The number of benzene rings is 1. The Morgan fingerprint density at radius 1 is 1.05 bits per heavy atom. The number of rotatable bonds is 6. The zero-order chi connectivity index (χ0) is 14.1. The van der Waals surface area contributed by atoms with Crippen molar-refractivity contribution in [1.82, 2.24) is 0 Å². The molecule has 0 saturated carbocycles. The van der Waals surface area contributed by atoms with Crippen LogP contribution in [0, 0.1) is 11.3 Å². The van der Waals surface area contributed by atoms with Gasteiger partial charge in [0, 0.05) is 0 Å². The SMILES string of the molecule is CC(C)=CCC/C(C)=C/CCc1ccc(C#N)cc1. The molecular formula is C18H23N. The van der Waals surface area contributed by atoms with Gasteiger partial charge in [-0.15, -0.1) is 0 Å². The third-order valence-corrected chi connectivity index (χ3v) is 3.10. The van der Waals surface area contributed by atoms with E-state index < -0.39 is 0 Å². The molecule has 1 aromatic rings. The van der Waals surface area contributed by atoms with Crippen LogP contribution in [-0.2, 0) is 6.42 Å². The number of allylic oxidation sites excluding steroid dienone is 4.